The highest BCUT2D eigenvalue weighted by Gasteiger charge is 2.29. The number of nitrogens with one attached hydrogen (secondary N) is 2. The monoisotopic (exact) mass is 278 g/mol. The first kappa shape index (κ1) is 13.9. The van der Waals surface area contributed by atoms with Crippen molar-refractivity contribution in [2.75, 3.05) is 19.7 Å². The number of carbonyl (C=O) groups is 3. The Morgan fingerprint density at radius 2 is 1.95 bits per heavy atom. The minimum atomic E-state index is -1.14. The highest BCUT2D eigenvalue weighted by molar-refractivity contribution is 5.90. The van der Waals surface area contributed by atoms with Crippen LogP contribution in [0.15, 0.2) is 24.3 Å². The van der Waals surface area contributed by atoms with E-state index in [1.54, 1.807) is 12.1 Å². The molecule has 1 aliphatic rings. The van der Waals surface area contributed by atoms with Crippen LogP contribution >= 0.6 is 0 Å². The van der Waals surface area contributed by atoms with E-state index in [4.69, 9.17) is 9.84 Å². The molecule has 2 rings (SSSR count). The molecule has 0 spiro atoms. The van der Waals surface area contributed by atoms with Gasteiger partial charge in [-0.1, -0.05) is 18.2 Å². The zero-order valence-corrected chi connectivity index (χ0v) is 10.6. The molecule has 1 atom stereocenters. The number of para-hydroxylation sites is 1. The number of fused-ring (bicyclic) bond motifs is 1. The van der Waals surface area contributed by atoms with Crippen molar-refractivity contribution in [3.63, 3.8) is 0 Å². The minimum Gasteiger partial charge on any atom is -0.492 e. The van der Waals surface area contributed by atoms with Crippen molar-refractivity contribution in [2.24, 2.45) is 0 Å². The number of amides is 2. The van der Waals surface area contributed by atoms with Crippen LogP contribution < -0.4 is 15.4 Å². The second-order valence-electron chi connectivity index (χ2n) is 4.29. The molecule has 0 radical (unpaired) electrons. The summed E-state index contributed by atoms with van der Waals surface area (Å²) in [4.78, 5) is 33.5. The lowest BCUT2D eigenvalue weighted by atomic mass is 10.0. The zero-order chi connectivity index (χ0) is 14.5. The maximum atomic E-state index is 12.0. The van der Waals surface area contributed by atoms with Crippen molar-refractivity contribution in [1.29, 1.82) is 0 Å². The van der Waals surface area contributed by atoms with Gasteiger partial charge in [-0.15, -0.1) is 0 Å². The van der Waals surface area contributed by atoms with Crippen molar-refractivity contribution in [1.82, 2.24) is 10.6 Å². The molecule has 1 aliphatic heterocycles. The van der Waals surface area contributed by atoms with Gasteiger partial charge in [0.2, 0.25) is 11.8 Å². The summed E-state index contributed by atoms with van der Waals surface area (Å²) >= 11 is 0. The lowest BCUT2D eigenvalue weighted by molar-refractivity contribution is -0.137. The van der Waals surface area contributed by atoms with Gasteiger partial charge in [-0.3, -0.25) is 14.4 Å². The second kappa shape index (κ2) is 6.05. The molecule has 1 heterocycles. The van der Waals surface area contributed by atoms with Crippen molar-refractivity contribution < 1.29 is 24.2 Å². The van der Waals surface area contributed by atoms with Crippen LogP contribution in [-0.2, 0) is 14.4 Å². The van der Waals surface area contributed by atoms with Gasteiger partial charge >= 0.3 is 5.97 Å². The number of rotatable bonds is 5. The number of benzene rings is 1. The van der Waals surface area contributed by atoms with Crippen LogP contribution in [0.3, 0.4) is 0 Å². The van der Waals surface area contributed by atoms with Gasteiger partial charge in [0.15, 0.2) is 0 Å². The van der Waals surface area contributed by atoms with Crippen molar-refractivity contribution in [2.45, 2.75) is 5.92 Å². The highest BCUT2D eigenvalue weighted by atomic mass is 16.5. The van der Waals surface area contributed by atoms with Gasteiger partial charge in [-0.25, -0.2) is 0 Å². The smallest absolute Gasteiger partial charge is 0.322 e. The van der Waals surface area contributed by atoms with E-state index < -0.39 is 24.3 Å². The van der Waals surface area contributed by atoms with Crippen LogP contribution in [-0.4, -0.2) is 42.6 Å². The third-order valence-electron chi connectivity index (χ3n) is 2.88. The summed E-state index contributed by atoms with van der Waals surface area (Å²) in [6.45, 7) is -0.489. The maximum Gasteiger partial charge on any atom is 0.322 e. The van der Waals surface area contributed by atoms with E-state index in [0.717, 1.165) is 5.56 Å². The summed E-state index contributed by atoms with van der Waals surface area (Å²) in [6, 6.07) is 7.21. The van der Waals surface area contributed by atoms with E-state index in [-0.39, 0.29) is 19.1 Å². The normalized spacial score (nSPS) is 15.9. The summed E-state index contributed by atoms with van der Waals surface area (Å²) in [5.74, 6) is -1.78. The number of carbonyl (C=O) groups excluding carboxylic acids is 2. The Labute approximate surface area is 114 Å². The van der Waals surface area contributed by atoms with Crippen molar-refractivity contribution in [3.8, 4) is 5.75 Å². The summed E-state index contributed by atoms with van der Waals surface area (Å²) in [5, 5.41) is 13.0. The van der Waals surface area contributed by atoms with Crippen LogP contribution in [0, 0.1) is 0 Å². The molecule has 1 aromatic carbocycles. The van der Waals surface area contributed by atoms with Gasteiger partial charge < -0.3 is 20.5 Å². The molecule has 7 nitrogen and oxygen atoms in total. The molecule has 2 amide bonds. The quantitative estimate of drug-likeness (QED) is 0.672. The van der Waals surface area contributed by atoms with Gasteiger partial charge in [-0.05, 0) is 6.07 Å². The molecule has 1 unspecified atom stereocenters. The van der Waals surface area contributed by atoms with Gasteiger partial charge in [0, 0.05) is 5.56 Å². The fourth-order valence-electron chi connectivity index (χ4n) is 1.91. The van der Waals surface area contributed by atoms with Gasteiger partial charge in [0.25, 0.3) is 0 Å². The van der Waals surface area contributed by atoms with Crippen LogP contribution in [0.1, 0.15) is 11.5 Å². The zero-order valence-electron chi connectivity index (χ0n) is 10.6. The van der Waals surface area contributed by atoms with Gasteiger partial charge in [0.1, 0.15) is 24.8 Å². The third kappa shape index (κ3) is 3.25. The molecule has 0 aromatic heterocycles. The number of hydrogen-bond acceptors (Lipinski definition) is 4. The summed E-state index contributed by atoms with van der Waals surface area (Å²) < 4.78 is 5.38. The third-order valence-corrected chi connectivity index (χ3v) is 2.88. The molecule has 0 bridgehead atoms. The van der Waals surface area contributed by atoms with Crippen LogP contribution in [0.25, 0.3) is 0 Å². The molecule has 0 saturated heterocycles. The van der Waals surface area contributed by atoms with E-state index in [9.17, 15) is 14.4 Å². The van der Waals surface area contributed by atoms with Crippen LogP contribution in [0.4, 0.5) is 0 Å². The highest BCUT2D eigenvalue weighted by Crippen LogP contribution is 2.33. The van der Waals surface area contributed by atoms with E-state index in [0.29, 0.717) is 5.75 Å². The number of carboxylic acids is 1. The first-order valence-electron chi connectivity index (χ1n) is 6.06. The molecule has 7 heteroatoms. The Morgan fingerprint density at radius 1 is 1.20 bits per heavy atom. The molecule has 106 valence electrons. The minimum absolute atomic E-state index is 0.238. The van der Waals surface area contributed by atoms with Crippen molar-refractivity contribution in [3.05, 3.63) is 29.8 Å². The lowest BCUT2D eigenvalue weighted by Gasteiger charge is -2.09. The molecule has 0 aliphatic carbocycles. The van der Waals surface area contributed by atoms with Crippen LogP contribution in [0.2, 0.25) is 0 Å². The Morgan fingerprint density at radius 3 is 2.70 bits per heavy atom. The average Bonchev–Trinajstić information content (AvgIpc) is 2.86. The second-order valence-corrected chi connectivity index (χ2v) is 4.29. The Balaban J connectivity index is 1.85. The number of aliphatic carboxylic acids is 1. The SMILES string of the molecule is O=C(O)CNC(=O)CNC(=O)C1COc2ccccc21. The fourth-order valence-corrected chi connectivity index (χ4v) is 1.91. The summed E-state index contributed by atoms with van der Waals surface area (Å²) in [6.07, 6.45) is 0. The number of hydrogen-bond donors (Lipinski definition) is 3. The fraction of sp³-hybridized carbons (Fsp3) is 0.308. The standard InChI is InChI=1S/C13H14N2O5/c16-11(14-6-12(17)18)5-15-13(19)9-7-20-10-4-2-1-3-8(9)10/h1-4,9H,5-7H2,(H,14,16)(H,15,19)(H,17,18). The molecular weight excluding hydrogens is 264 g/mol. The van der Waals surface area contributed by atoms with E-state index in [2.05, 4.69) is 10.6 Å². The van der Waals surface area contributed by atoms with E-state index in [1.165, 1.54) is 0 Å². The number of carboxylic acid groups (broad SMARTS) is 1. The average molecular weight is 278 g/mol. The van der Waals surface area contributed by atoms with E-state index >= 15 is 0 Å². The molecule has 0 fully saturated rings. The maximum absolute atomic E-state index is 12.0. The molecular formula is C13H14N2O5. The molecule has 20 heavy (non-hydrogen) atoms. The first-order valence-corrected chi connectivity index (χ1v) is 6.06. The summed E-state index contributed by atoms with van der Waals surface area (Å²) in [5.41, 5.74) is 0.788. The van der Waals surface area contributed by atoms with Crippen molar-refractivity contribution >= 4 is 17.8 Å². The predicted octanol–water partition coefficient (Wildman–Crippen LogP) is -0.520. The van der Waals surface area contributed by atoms with Gasteiger partial charge in [-0.2, -0.15) is 0 Å². The Bertz CT molecular complexity index is 543. The predicted molar refractivity (Wildman–Crippen MR) is 68.3 cm³/mol. The number of ether oxygens (including phenoxy) is 1. The summed E-state index contributed by atoms with van der Waals surface area (Å²) in [7, 11) is 0. The molecule has 3 N–H and O–H groups in total. The first-order chi connectivity index (χ1) is 9.58. The molecule has 1 aromatic rings. The molecule has 0 saturated carbocycles. The van der Waals surface area contributed by atoms with Gasteiger partial charge in [0.05, 0.1) is 6.54 Å². The van der Waals surface area contributed by atoms with Crippen LogP contribution in [0.5, 0.6) is 5.75 Å². The topological polar surface area (TPSA) is 105 Å². The van der Waals surface area contributed by atoms with E-state index in [1.807, 2.05) is 12.1 Å². The largest absolute Gasteiger partial charge is 0.492 e. The Kier molecular flexibility index (Phi) is 4.19. The Hall–Kier alpha value is -2.57. The lowest BCUT2D eigenvalue weighted by Crippen LogP contribution is -2.40.